The highest BCUT2D eigenvalue weighted by molar-refractivity contribution is 5.88. The maximum Gasteiger partial charge on any atom is 0.338 e. The number of hydrogen-bond donors (Lipinski definition) is 1. The molecule has 0 aliphatic heterocycles. The van der Waals surface area contributed by atoms with Crippen LogP contribution < -0.4 is 0 Å². The summed E-state index contributed by atoms with van der Waals surface area (Å²) in [6.07, 6.45) is 0. The topological polar surface area (TPSA) is 37.3 Å². The molecule has 0 aromatic heterocycles. The minimum atomic E-state index is -1.27. The number of aromatic carboxylic acids is 1. The molecule has 2 nitrogen and oxygen atoms in total. The Morgan fingerprint density at radius 3 is 2.64 bits per heavy atom. The van der Waals surface area contributed by atoms with Gasteiger partial charge in [-0.05, 0) is 24.6 Å². The summed E-state index contributed by atoms with van der Waals surface area (Å²) in [4.78, 5) is 10.3. The van der Waals surface area contributed by atoms with Crippen LogP contribution in [0.2, 0.25) is 0 Å². The predicted octanol–water partition coefficient (Wildman–Crippen LogP) is 1.71. The first-order chi connectivity index (χ1) is 5.11. The maximum atomic E-state index is 12.6. The third-order valence-corrected chi connectivity index (χ3v) is 1.26. The Morgan fingerprint density at radius 2 is 2.18 bits per heavy atom. The van der Waals surface area contributed by atoms with Crippen molar-refractivity contribution in [2.75, 3.05) is 0 Å². The largest absolute Gasteiger partial charge is 0.478 e. The van der Waals surface area contributed by atoms with Crippen LogP contribution in [0, 0.1) is 12.7 Å². The third-order valence-electron chi connectivity index (χ3n) is 1.26. The fourth-order valence-electron chi connectivity index (χ4n) is 0.736. The SMILES string of the molecule is [CH2]c1ccc(F)c(C(=O)O)c1. The molecule has 0 atom stereocenters. The molecule has 0 fully saturated rings. The van der Waals surface area contributed by atoms with Crippen molar-refractivity contribution in [3.8, 4) is 0 Å². The number of halogens is 1. The summed E-state index contributed by atoms with van der Waals surface area (Å²) in [5.74, 6) is -2.00. The van der Waals surface area contributed by atoms with Gasteiger partial charge in [0.15, 0.2) is 0 Å². The van der Waals surface area contributed by atoms with Gasteiger partial charge in [-0.1, -0.05) is 6.07 Å². The molecule has 1 aromatic carbocycles. The normalized spacial score (nSPS) is 9.64. The van der Waals surface area contributed by atoms with Crippen LogP contribution in [0.3, 0.4) is 0 Å². The molecule has 0 aliphatic carbocycles. The van der Waals surface area contributed by atoms with Crippen molar-refractivity contribution in [3.63, 3.8) is 0 Å². The Hall–Kier alpha value is -1.38. The molecule has 3 heteroatoms. The van der Waals surface area contributed by atoms with E-state index in [1.807, 2.05) is 0 Å². The second-order valence-electron chi connectivity index (χ2n) is 2.12. The quantitative estimate of drug-likeness (QED) is 0.666. The number of rotatable bonds is 1. The van der Waals surface area contributed by atoms with Crippen molar-refractivity contribution in [2.24, 2.45) is 0 Å². The molecule has 1 aromatic rings. The molecule has 0 aliphatic rings. The highest BCUT2D eigenvalue weighted by Crippen LogP contribution is 2.09. The molecular weight excluding hydrogens is 147 g/mol. The zero-order valence-electron chi connectivity index (χ0n) is 5.67. The van der Waals surface area contributed by atoms with E-state index in [2.05, 4.69) is 6.92 Å². The maximum absolute atomic E-state index is 12.6. The Balaban J connectivity index is 3.23. The summed E-state index contributed by atoms with van der Waals surface area (Å²) in [5, 5.41) is 8.42. The standard InChI is InChI=1S/C8H6FO2/c1-5-2-3-7(9)6(4-5)8(10)11/h2-4H,1H2,(H,10,11). The average molecular weight is 153 g/mol. The summed E-state index contributed by atoms with van der Waals surface area (Å²) in [6.45, 7) is 3.47. The molecule has 1 N–H and O–H groups in total. The molecule has 0 saturated heterocycles. The lowest BCUT2D eigenvalue weighted by Crippen LogP contribution is -2.00. The molecule has 0 saturated carbocycles. The van der Waals surface area contributed by atoms with Gasteiger partial charge >= 0.3 is 5.97 Å². The fourth-order valence-corrected chi connectivity index (χ4v) is 0.736. The average Bonchev–Trinajstić information content (AvgIpc) is 1.94. The smallest absolute Gasteiger partial charge is 0.338 e. The third kappa shape index (κ3) is 1.55. The zero-order valence-corrected chi connectivity index (χ0v) is 5.67. The van der Waals surface area contributed by atoms with Gasteiger partial charge in [0.25, 0.3) is 0 Å². The second kappa shape index (κ2) is 2.70. The van der Waals surface area contributed by atoms with E-state index in [4.69, 9.17) is 5.11 Å². The highest BCUT2D eigenvalue weighted by atomic mass is 19.1. The van der Waals surface area contributed by atoms with Gasteiger partial charge in [0, 0.05) is 0 Å². The number of carbonyl (C=O) groups is 1. The zero-order chi connectivity index (χ0) is 8.43. The molecule has 0 heterocycles. The first kappa shape index (κ1) is 7.72. The predicted molar refractivity (Wildman–Crippen MR) is 37.8 cm³/mol. The number of benzene rings is 1. The Kier molecular flexibility index (Phi) is 1.89. The minimum Gasteiger partial charge on any atom is -0.478 e. The highest BCUT2D eigenvalue weighted by Gasteiger charge is 2.08. The van der Waals surface area contributed by atoms with Gasteiger partial charge in [0.1, 0.15) is 5.82 Å². The fraction of sp³-hybridized carbons (Fsp3) is 0. The van der Waals surface area contributed by atoms with Crippen molar-refractivity contribution in [3.05, 3.63) is 42.1 Å². The van der Waals surface area contributed by atoms with Crippen molar-refractivity contribution >= 4 is 5.97 Å². The van der Waals surface area contributed by atoms with Gasteiger partial charge in [0.2, 0.25) is 0 Å². The minimum absolute atomic E-state index is 0.336. The molecule has 57 valence electrons. The van der Waals surface area contributed by atoms with Gasteiger partial charge in [-0.2, -0.15) is 0 Å². The van der Waals surface area contributed by atoms with E-state index in [-0.39, 0.29) is 5.56 Å². The Bertz CT molecular complexity index is 294. The molecular formula is C8H6FO2. The first-order valence-electron chi connectivity index (χ1n) is 2.96. The van der Waals surface area contributed by atoms with Gasteiger partial charge in [-0.25, -0.2) is 9.18 Å². The lowest BCUT2D eigenvalue weighted by atomic mass is 10.1. The van der Waals surface area contributed by atoms with E-state index in [9.17, 15) is 9.18 Å². The molecule has 1 rings (SSSR count). The van der Waals surface area contributed by atoms with Gasteiger partial charge in [-0.15, -0.1) is 0 Å². The van der Waals surface area contributed by atoms with E-state index >= 15 is 0 Å². The molecule has 11 heavy (non-hydrogen) atoms. The van der Waals surface area contributed by atoms with E-state index < -0.39 is 11.8 Å². The van der Waals surface area contributed by atoms with Crippen molar-refractivity contribution in [1.29, 1.82) is 0 Å². The number of hydrogen-bond acceptors (Lipinski definition) is 1. The molecule has 0 bridgehead atoms. The van der Waals surface area contributed by atoms with Gasteiger partial charge in [0.05, 0.1) is 5.56 Å². The van der Waals surface area contributed by atoms with Crippen LogP contribution >= 0.6 is 0 Å². The summed E-state index contributed by atoms with van der Waals surface area (Å²) in [5.41, 5.74) is 0.154. The van der Waals surface area contributed by atoms with E-state index in [1.54, 1.807) is 0 Å². The van der Waals surface area contributed by atoms with Gasteiger partial charge in [-0.3, -0.25) is 0 Å². The Labute approximate surface area is 63.3 Å². The van der Waals surface area contributed by atoms with Crippen molar-refractivity contribution in [1.82, 2.24) is 0 Å². The summed E-state index contributed by atoms with van der Waals surface area (Å²) in [6, 6.07) is 3.70. The lowest BCUT2D eigenvalue weighted by Gasteiger charge is -1.97. The summed E-state index contributed by atoms with van der Waals surface area (Å²) in [7, 11) is 0. The van der Waals surface area contributed by atoms with Crippen LogP contribution in [0.4, 0.5) is 4.39 Å². The van der Waals surface area contributed by atoms with E-state index in [0.717, 1.165) is 6.07 Å². The monoisotopic (exact) mass is 153 g/mol. The van der Waals surface area contributed by atoms with E-state index in [0.29, 0.717) is 5.56 Å². The molecule has 1 radical (unpaired) electrons. The van der Waals surface area contributed by atoms with Crippen LogP contribution in [-0.4, -0.2) is 11.1 Å². The summed E-state index contributed by atoms with van der Waals surface area (Å²) >= 11 is 0. The summed E-state index contributed by atoms with van der Waals surface area (Å²) < 4.78 is 12.6. The molecule has 0 spiro atoms. The van der Waals surface area contributed by atoms with Crippen LogP contribution in [-0.2, 0) is 0 Å². The lowest BCUT2D eigenvalue weighted by molar-refractivity contribution is 0.0692. The molecule has 0 unspecified atom stereocenters. The number of carboxylic acid groups (broad SMARTS) is 1. The van der Waals surface area contributed by atoms with Crippen LogP contribution in [0.1, 0.15) is 15.9 Å². The second-order valence-corrected chi connectivity index (χ2v) is 2.12. The number of carboxylic acids is 1. The van der Waals surface area contributed by atoms with Crippen molar-refractivity contribution < 1.29 is 14.3 Å². The molecule has 0 amide bonds. The van der Waals surface area contributed by atoms with Crippen LogP contribution in [0.25, 0.3) is 0 Å². The van der Waals surface area contributed by atoms with Crippen molar-refractivity contribution in [2.45, 2.75) is 0 Å². The van der Waals surface area contributed by atoms with E-state index in [1.165, 1.54) is 12.1 Å². The van der Waals surface area contributed by atoms with Crippen LogP contribution in [0.5, 0.6) is 0 Å². The first-order valence-corrected chi connectivity index (χ1v) is 2.96. The van der Waals surface area contributed by atoms with Crippen LogP contribution in [0.15, 0.2) is 18.2 Å². The van der Waals surface area contributed by atoms with Gasteiger partial charge < -0.3 is 5.11 Å². The Morgan fingerprint density at radius 1 is 1.55 bits per heavy atom.